The van der Waals surface area contributed by atoms with Crippen molar-refractivity contribution in [2.24, 2.45) is 0 Å². The average molecular weight is 463 g/mol. The topological polar surface area (TPSA) is 113 Å². The second-order valence-corrected chi connectivity index (χ2v) is 8.31. The number of thiazole rings is 1. The number of para-hydroxylation sites is 1. The van der Waals surface area contributed by atoms with E-state index in [1.807, 2.05) is 37.3 Å². The maximum absolute atomic E-state index is 12.7. The summed E-state index contributed by atoms with van der Waals surface area (Å²) in [4.78, 5) is 33.0. The Morgan fingerprint density at radius 2 is 1.94 bits per heavy atom. The van der Waals surface area contributed by atoms with Crippen LogP contribution in [0, 0.1) is 6.92 Å². The SMILES string of the molecule is Cc1cc(COc2ccc(C(=O)NC(CC(=O)NO)c3nccs3)cc2)c2ccccc2n1. The van der Waals surface area contributed by atoms with Crippen molar-refractivity contribution in [2.45, 2.75) is 26.0 Å². The number of amides is 2. The summed E-state index contributed by atoms with van der Waals surface area (Å²) >= 11 is 1.32. The Bertz CT molecular complexity index is 1260. The smallest absolute Gasteiger partial charge is 0.251 e. The van der Waals surface area contributed by atoms with Crippen molar-refractivity contribution >= 4 is 34.1 Å². The number of pyridine rings is 1. The van der Waals surface area contributed by atoms with E-state index in [2.05, 4.69) is 15.3 Å². The number of aromatic nitrogens is 2. The predicted octanol–water partition coefficient (Wildman–Crippen LogP) is 3.95. The Morgan fingerprint density at radius 1 is 1.15 bits per heavy atom. The third-order valence-electron chi connectivity index (χ3n) is 5.01. The van der Waals surface area contributed by atoms with Crippen molar-refractivity contribution in [3.05, 3.63) is 88.0 Å². The molecule has 2 aromatic heterocycles. The number of ether oxygens (including phenoxy) is 1. The highest BCUT2D eigenvalue weighted by Crippen LogP contribution is 2.22. The zero-order valence-electron chi connectivity index (χ0n) is 17.8. The van der Waals surface area contributed by atoms with Gasteiger partial charge in [0.1, 0.15) is 17.4 Å². The molecule has 2 heterocycles. The maximum Gasteiger partial charge on any atom is 0.251 e. The largest absolute Gasteiger partial charge is 0.489 e. The van der Waals surface area contributed by atoms with Gasteiger partial charge in [-0.05, 0) is 43.3 Å². The highest BCUT2D eigenvalue weighted by atomic mass is 32.1. The molecule has 4 aromatic rings. The summed E-state index contributed by atoms with van der Waals surface area (Å²) in [5.74, 6) is -0.345. The van der Waals surface area contributed by atoms with Gasteiger partial charge in [-0.2, -0.15) is 0 Å². The van der Waals surface area contributed by atoms with Crippen LogP contribution in [0.25, 0.3) is 10.9 Å². The fourth-order valence-electron chi connectivity index (χ4n) is 3.46. The van der Waals surface area contributed by atoms with Gasteiger partial charge >= 0.3 is 0 Å². The summed E-state index contributed by atoms with van der Waals surface area (Å²) < 4.78 is 5.95. The third-order valence-corrected chi connectivity index (χ3v) is 5.90. The van der Waals surface area contributed by atoms with Gasteiger partial charge in [-0.3, -0.25) is 19.8 Å². The minimum atomic E-state index is -0.649. The van der Waals surface area contributed by atoms with Crippen LogP contribution < -0.4 is 15.5 Å². The average Bonchev–Trinajstić information content (AvgIpc) is 3.37. The summed E-state index contributed by atoms with van der Waals surface area (Å²) in [6.07, 6.45) is 1.46. The van der Waals surface area contributed by atoms with Crippen LogP contribution in [0.15, 0.2) is 66.2 Å². The maximum atomic E-state index is 12.7. The number of aryl methyl sites for hydroxylation is 1. The Kier molecular flexibility index (Phi) is 6.92. The number of fused-ring (bicyclic) bond motifs is 1. The standard InChI is InChI=1S/C24H22N4O4S/c1-15-12-17(19-4-2-3-5-20(19)26-15)14-32-18-8-6-16(7-9-18)23(30)27-21(13-22(29)28-31)24-25-10-11-33-24/h2-12,21,31H,13-14H2,1H3,(H,27,30)(H,28,29). The fraction of sp³-hybridized carbons (Fsp3) is 0.167. The number of nitrogens with one attached hydrogen (secondary N) is 2. The van der Waals surface area contributed by atoms with E-state index < -0.39 is 11.9 Å². The number of rotatable bonds is 8. The van der Waals surface area contributed by atoms with Gasteiger partial charge in [0, 0.05) is 33.8 Å². The molecule has 8 nitrogen and oxygen atoms in total. The number of carbonyl (C=O) groups excluding carboxylic acids is 2. The van der Waals surface area contributed by atoms with E-state index in [0.29, 0.717) is 22.9 Å². The first-order valence-corrected chi connectivity index (χ1v) is 11.1. The second-order valence-electron chi connectivity index (χ2n) is 7.39. The van der Waals surface area contributed by atoms with Crippen LogP contribution in [0.3, 0.4) is 0 Å². The molecule has 0 saturated carbocycles. The minimum Gasteiger partial charge on any atom is -0.489 e. The van der Waals surface area contributed by atoms with Gasteiger partial charge in [-0.15, -0.1) is 11.3 Å². The number of hydroxylamine groups is 1. The highest BCUT2D eigenvalue weighted by molar-refractivity contribution is 7.09. The van der Waals surface area contributed by atoms with Gasteiger partial charge in [0.05, 0.1) is 18.0 Å². The van der Waals surface area contributed by atoms with Crippen molar-refractivity contribution in [1.82, 2.24) is 20.8 Å². The molecule has 0 radical (unpaired) electrons. The second kappa shape index (κ2) is 10.2. The summed E-state index contributed by atoms with van der Waals surface area (Å²) in [6.45, 7) is 2.32. The zero-order chi connectivity index (χ0) is 23.2. The normalized spacial score (nSPS) is 11.7. The Hall–Kier alpha value is -3.82. The number of hydrogen-bond donors (Lipinski definition) is 3. The van der Waals surface area contributed by atoms with Crippen LogP contribution in [0.1, 0.15) is 39.1 Å². The molecule has 0 saturated heterocycles. The first-order chi connectivity index (χ1) is 16.0. The fourth-order valence-corrected chi connectivity index (χ4v) is 4.15. The lowest BCUT2D eigenvalue weighted by atomic mass is 10.1. The first-order valence-electron chi connectivity index (χ1n) is 10.2. The van der Waals surface area contributed by atoms with Crippen molar-refractivity contribution in [1.29, 1.82) is 0 Å². The summed E-state index contributed by atoms with van der Waals surface area (Å²) in [5.41, 5.74) is 4.88. The molecular weight excluding hydrogens is 440 g/mol. The minimum absolute atomic E-state index is 0.129. The van der Waals surface area contributed by atoms with Gasteiger partial charge in [-0.1, -0.05) is 18.2 Å². The lowest BCUT2D eigenvalue weighted by molar-refractivity contribution is -0.129. The molecule has 0 aliphatic carbocycles. The molecule has 1 unspecified atom stereocenters. The number of hydrogen-bond acceptors (Lipinski definition) is 7. The van der Waals surface area contributed by atoms with Gasteiger partial charge in [0.2, 0.25) is 5.91 Å². The molecule has 2 amide bonds. The van der Waals surface area contributed by atoms with Crippen molar-refractivity contribution in [2.75, 3.05) is 0 Å². The van der Waals surface area contributed by atoms with E-state index in [4.69, 9.17) is 9.94 Å². The van der Waals surface area contributed by atoms with Crippen molar-refractivity contribution in [3.63, 3.8) is 0 Å². The van der Waals surface area contributed by atoms with Crippen LogP contribution in [0.5, 0.6) is 5.75 Å². The summed E-state index contributed by atoms with van der Waals surface area (Å²) in [6, 6.07) is 16.0. The van der Waals surface area contributed by atoms with Gasteiger partial charge in [0.25, 0.3) is 5.91 Å². The molecular formula is C24H22N4O4S. The predicted molar refractivity (Wildman–Crippen MR) is 124 cm³/mol. The van der Waals surface area contributed by atoms with E-state index in [1.54, 1.807) is 41.3 Å². The Labute approximate surface area is 194 Å². The first kappa shape index (κ1) is 22.4. The molecule has 0 bridgehead atoms. The zero-order valence-corrected chi connectivity index (χ0v) is 18.6. The number of nitrogens with zero attached hydrogens (tertiary/aromatic N) is 2. The lowest BCUT2D eigenvalue weighted by Crippen LogP contribution is -2.32. The highest BCUT2D eigenvalue weighted by Gasteiger charge is 2.21. The van der Waals surface area contributed by atoms with Crippen molar-refractivity contribution < 1.29 is 19.5 Å². The Morgan fingerprint density at radius 3 is 2.67 bits per heavy atom. The molecule has 0 fully saturated rings. The molecule has 33 heavy (non-hydrogen) atoms. The van der Waals surface area contributed by atoms with Crippen LogP contribution in [0.4, 0.5) is 0 Å². The third kappa shape index (κ3) is 5.51. The molecule has 3 N–H and O–H groups in total. The molecule has 4 rings (SSSR count). The van der Waals surface area contributed by atoms with Gasteiger partial charge in [0.15, 0.2) is 0 Å². The van der Waals surface area contributed by atoms with Crippen LogP contribution in [-0.2, 0) is 11.4 Å². The van der Waals surface area contributed by atoms with Crippen molar-refractivity contribution in [3.8, 4) is 5.75 Å². The molecule has 168 valence electrons. The molecule has 0 aliphatic heterocycles. The molecule has 0 aliphatic rings. The van der Waals surface area contributed by atoms with E-state index in [0.717, 1.165) is 22.2 Å². The summed E-state index contributed by atoms with van der Waals surface area (Å²) in [7, 11) is 0. The molecule has 2 aromatic carbocycles. The van der Waals surface area contributed by atoms with E-state index in [9.17, 15) is 9.59 Å². The number of carbonyl (C=O) groups is 2. The monoisotopic (exact) mass is 462 g/mol. The van der Waals surface area contributed by atoms with E-state index in [-0.39, 0.29) is 12.3 Å². The Balaban J connectivity index is 1.43. The van der Waals surface area contributed by atoms with E-state index in [1.165, 1.54) is 11.3 Å². The van der Waals surface area contributed by atoms with Crippen LogP contribution in [-0.4, -0.2) is 27.0 Å². The van der Waals surface area contributed by atoms with Gasteiger partial charge < -0.3 is 10.1 Å². The number of benzene rings is 2. The molecule has 1 atom stereocenters. The van der Waals surface area contributed by atoms with E-state index >= 15 is 0 Å². The molecule has 9 heteroatoms. The summed E-state index contributed by atoms with van der Waals surface area (Å²) in [5, 5.41) is 15.0. The molecule has 0 spiro atoms. The van der Waals surface area contributed by atoms with Crippen LogP contribution in [0.2, 0.25) is 0 Å². The van der Waals surface area contributed by atoms with Gasteiger partial charge in [-0.25, -0.2) is 10.5 Å². The lowest BCUT2D eigenvalue weighted by Gasteiger charge is -2.16. The van der Waals surface area contributed by atoms with Crippen LogP contribution >= 0.6 is 11.3 Å². The quantitative estimate of drug-likeness (QED) is 0.270.